The van der Waals surface area contributed by atoms with Crippen LogP contribution in [0.1, 0.15) is 26.2 Å². The van der Waals surface area contributed by atoms with E-state index in [1.807, 2.05) is 6.92 Å². The number of carboxylic acids is 1. The SMILES string of the molecule is CCCCC(Oc1ccc(Cl)cc1Br)C(=O)O. The van der Waals surface area contributed by atoms with Gasteiger partial charge in [-0.3, -0.25) is 0 Å². The molecule has 1 unspecified atom stereocenters. The molecule has 94 valence electrons. The van der Waals surface area contributed by atoms with Crippen LogP contribution in [0.25, 0.3) is 0 Å². The summed E-state index contributed by atoms with van der Waals surface area (Å²) in [5.41, 5.74) is 0. The van der Waals surface area contributed by atoms with Crippen molar-refractivity contribution < 1.29 is 14.6 Å². The van der Waals surface area contributed by atoms with Gasteiger partial charge in [-0.15, -0.1) is 0 Å². The summed E-state index contributed by atoms with van der Waals surface area (Å²) < 4.78 is 6.12. The predicted molar refractivity (Wildman–Crippen MR) is 70.7 cm³/mol. The van der Waals surface area contributed by atoms with Crippen LogP contribution in [0.3, 0.4) is 0 Å². The molecule has 0 amide bonds. The second-order valence-electron chi connectivity index (χ2n) is 3.66. The quantitative estimate of drug-likeness (QED) is 0.857. The van der Waals surface area contributed by atoms with E-state index in [1.165, 1.54) is 0 Å². The minimum Gasteiger partial charge on any atom is -0.479 e. The minimum absolute atomic E-state index is 0.498. The van der Waals surface area contributed by atoms with E-state index in [4.69, 9.17) is 21.4 Å². The molecule has 1 aromatic carbocycles. The van der Waals surface area contributed by atoms with E-state index in [1.54, 1.807) is 18.2 Å². The topological polar surface area (TPSA) is 46.5 Å². The van der Waals surface area contributed by atoms with Crippen LogP contribution in [-0.2, 0) is 4.79 Å². The van der Waals surface area contributed by atoms with Crippen LogP contribution in [0.5, 0.6) is 5.75 Å². The van der Waals surface area contributed by atoms with E-state index < -0.39 is 12.1 Å². The highest BCUT2D eigenvalue weighted by Gasteiger charge is 2.19. The minimum atomic E-state index is -0.944. The Bertz CT molecular complexity index is 395. The Morgan fingerprint density at radius 1 is 1.59 bits per heavy atom. The third kappa shape index (κ3) is 4.56. The molecule has 3 nitrogen and oxygen atoms in total. The van der Waals surface area contributed by atoms with Gasteiger partial charge in [0.2, 0.25) is 0 Å². The number of hydrogen-bond acceptors (Lipinski definition) is 2. The molecule has 0 aliphatic heterocycles. The Kier molecular flexibility index (Phi) is 5.78. The predicted octanol–water partition coefficient (Wildman–Crippen LogP) is 4.12. The zero-order valence-electron chi connectivity index (χ0n) is 9.45. The maximum atomic E-state index is 11.0. The van der Waals surface area contributed by atoms with Crippen molar-refractivity contribution in [2.45, 2.75) is 32.3 Å². The molecule has 0 aliphatic carbocycles. The number of ether oxygens (including phenoxy) is 1. The highest BCUT2D eigenvalue weighted by molar-refractivity contribution is 9.10. The van der Waals surface area contributed by atoms with Crippen molar-refractivity contribution in [2.24, 2.45) is 0 Å². The van der Waals surface area contributed by atoms with E-state index in [0.717, 1.165) is 12.8 Å². The van der Waals surface area contributed by atoms with Crippen molar-refractivity contribution >= 4 is 33.5 Å². The van der Waals surface area contributed by atoms with Gasteiger partial charge in [0.25, 0.3) is 0 Å². The normalized spacial score (nSPS) is 12.2. The molecule has 0 aromatic heterocycles. The summed E-state index contributed by atoms with van der Waals surface area (Å²) in [6.45, 7) is 2.01. The first-order chi connectivity index (χ1) is 8.04. The van der Waals surface area contributed by atoms with Crippen molar-refractivity contribution in [1.29, 1.82) is 0 Å². The molecule has 1 aromatic rings. The summed E-state index contributed by atoms with van der Waals surface area (Å²) in [6.07, 6.45) is 1.45. The van der Waals surface area contributed by atoms with Gasteiger partial charge in [0, 0.05) is 5.02 Å². The molecule has 1 rings (SSSR count). The number of aliphatic carboxylic acids is 1. The van der Waals surface area contributed by atoms with Crippen LogP contribution in [0.15, 0.2) is 22.7 Å². The van der Waals surface area contributed by atoms with Gasteiger partial charge >= 0.3 is 5.97 Å². The number of hydrogen-bond donors (Lipinski definition) is 1. The second kappa shape index (κ2) is 6.87. The molecular weight excluding hydrogens is 307 g/mol. The average molecular weight is 322 g/mol. The summed E-state index contributed by atoms with van der Waals surface area (Å²) in [6, 6.07) is 5.00. The molecular formula is C12H14BrClO3. The third-order valence-corrected chi connectivity index (χ3v) is 3.11. The lowest BCUT2D eigenvalue weighted by molar-refractivity contribution is -0.145. The van der Waals surface area contributed by atoms with Crippen molar-refractivity contribution in [2.75, 3.05) is 0 Å². The first kappa shape index (κ1) is 14.3. The van der Waals surface area contributed by atoms with Gasteiger partial charge in [-0.1, -0.05) is 24.9 Å². The van der Waals surface area contributed by atoms with Crippen LogP contribution in [0.4, 0.5) is 0 Å². The molecule has 0 aliphatic rings. The zero-order chi connectivity index (χ0) is 12.8. The van der Waals surface area contributed by atoms with E-state index in [0.29, 0.717) is 21.7 Å². The number of carbonyl (C=O) groups is 1. The Labute approximate surface area is 114 Å². The molecule has 5 heteroatoms. The van der Waals surface area contributed by atoms with E-state index in [2.05, 4.69) is 15.9 Å². The Morgan fingerprint density at radius 2 is 2.29 bits per heavy atom. The first-order valence-corrected chi connectivity index (χ1v) is 6.56. The monoisotopic (exact) mass is 320 g/mol. The third-order valence-electron chi connectivity index (χ3n) is 2.26. The molecule has 0 radical (unpaired) electrons. The molecule has 0 heterocycles. The average Bonchev–Trinajstić information content (AvgIpc) is 2.26. The fourth-order valence-electron chi connectivity index (χ4n) is 1.35. The van der Waals surface area contributed by atoms with Crippen LogP contribution in [-0.4, -0.2) is 17.2 Å². The second-order valence-corrected chi connectivity index (χ2v) is 4.95. The lowest BCUT2D eigenvalue weighted by atomic mass is 10.1. The molecule has 0 spiro atoms. The van der Waals surface area contributed by atoms with E-state index >= 15 is 0 Å². The Hall–Kier alpha value is -0.740. The highest BCUT2D eigenvalue weighted by Crippen LogP contribution is 2.29. The van der Waals surface area contributed by atoms with Gasteiger partial charge in [0.05, 0.1) is 4.47 Å². The lowest BCUT2D eigenvalue weighted by Crippen LogP contribution is -2.27. The first-order valence-electron chi connectivity index (χ1n) is 5.39. The molecule has 1 atom stereocenters. The fourth-order valence-corrected chi connectivity index (χ4v) is 2.12. The van der Waals surface area contributed by atoms with Crippen LogP contribution in [0.2, 0.25) is 5.02 Å². The highest BCUT2D eigenvalue weighted by atomic mass is 79.9. The number of unbranched alkanes of at least 4 members (excludes halogenated alkanes) is 1. The van der Waals surface area contributed by atoms with Gasteiger partial charge in [0.15, 0.2) is 6.10 Å². The number of carboxylic acid groups (broad SMARTS) is 1. The summed E-state index contributed by atoms with van der Waals surface area (Å²) in [5, 5.41) is 9.61. The number of rotatable bonds is 6. The van der Waals surface area contributed by atoms with Crippen molar-refractivity contribution in [3.05, 3.63) is 27.7 Å². The molecule has 0 saturated heterocycles. The van der Waals surface area contributed by atoms with Gasteiger partial charge in [0.1, 0.15) is 5.75 Å². The van der Waals surface area contributed by atoms with Crippen molar-refractivity contribution in [3.8, 4) is 5.75 Å². The molecule has 17 heavy (non-hydrogen) atoms. The molecule has 1 N–H and O–H groups in total. The van der Waals surface area contributed by atoms with Crippen molar-refractivity contribution in [3.63, 3.8) is 0 Å². The van der Waals surface area contributed by atoms with Crippen LogP contribution in [0, 0.1) is 0 Å². The number of halogens is 2. The molecule has 0 fully saturated rings. The fraction of sp³-hybridized carbons (Fsp3) is 0.417. The van der Waals surface area contributed by atoms with Crippen LogP contribution >= 0.6 is 27.5 Å². The smallest absolute Gasteiger partial charge is 0.344 e. The summed E-state index contributed by atoms with van der Waals surface area (Å²) in [4.78, 5) is 11.0. The van der Waals surface area contributed by atoms with Crippen LogP contribution < -0.4 is 4.74 Å². The van der Waals surface area contributed by atoms with Gasteiger partial charge in [-0.2, -0.15) is 0 Å². The standard InChI is InChI=1S/C12H14BrClO3/c1-2-3-4-11(12(15)16)17-10-6-5-8(14)7-9(10)13/h5-7,11H,2-4H2,1H3,(H,15,16). The Balaban J connectivity index is 2.75. The summed E-state index contributed by atoms with van der Waals surface area (Å²) >= 11 is 9.09. The van der Waals surface area contributed by atoms with Gasteiger partial charge in [-0.05, 0) is 47.0 Å². The van der Waals surface area contributed by atoms with Gasteiger partial charge < -0.3 is 9.84 Å². The Morgan fingerprint density at radius 3 is 2.82 bits per heavy atom. The molecule has 0 bridgehead atoms. The van der Waals surface area contributed by atoms with Gasteiger partial charge in [-0.25, -0.2) is 4.79 Å². The summed E-state index contributed by atoms with van der Waals surface area (Å²) in [5.74, 6) is -0.446. The van der Waals surface area contributed by atoms with E-state index in [-0.39, 0.29) is 0 Å². The zero-order valence-corrected chi connectivity index (χ0v) is 11.8. The maximum absolute atomic E-state index is 11.0. The van der Waals surface area contributed by atoms with Crippen molar-refractivity contribution in [1.82, 2.24) is 0 Å². The maximum Gasteiger partial charge on any atom is 0.344 e. The lowest BCUT2D eigenvalue weighted by Gasteiger charge is -2.15. The largest absolute Gasteiger partial charge is 0.479 e. The molecule has 0 saturated carbocycles. The van der Waals surface area contributed by atoms with E-state index in [9.17, 15) is 4.79 Å². The summed E-state index contributed by atoms with van der Waals surface area (Å²) in [7, 11) is 0. The number of benzene rings is 1.